The van der Waals surface area contributed by atoms with Crippen LogP contribution in [-0.2, 0) is 9.84 Å². The number of carbonyl (C=O) groups is 1. The summed E-state index contributed by atoms with van der Waals surface area (Å²) in [5.74, 6) is -0.188. The van der Waals surface area contributed by atoms with Crippen molar-refractivity contribution in [1.82, 2.24) is 10.2 Å². The minimum absolute atomic E-state index is 0.0692. The summed E-state index contributed by atoms with van der Waals surface area (Å²) < 4.78 is 23.0. The van der Waals surface area contributed by atoms with E-state index < -0.39 is 9.84 Å². The first-order valence-electron chi connectivity index (χ1n) is 8.85. The standard InChI is InChI=1S/C22H17N3O3S/c1-29(27,28)21-14-13-20(24-25-21)16-9-11-17(12-10-16)23-22(26)19-8-4-6-15-5-2-3-7-18(15)19/h2-14H,1H3,(H,23,26). The fourth-order valence-electron chi connectivity index (χ4n) is 3.02. The summed E-state index contributed by atoms with van der Waals surface area (Å²) in [6, 6.07) is 23.5. The van der Waals surface area contributed by atoms with Gasteiger partial charge in [0.1, 0.15) is 0 Å². The largest absolute Gasteiger partial charge is 0.322 e. The van der Waals surface area contributed by atoms with E-state index in [1.807, 2.05) is 36.4 Å². The SMILES string of the molecule is CS(=O)(=O)c1ccc(-c2ccc(NC(=O)c3cccc4ccccc34)cc2)nn1. The van der Waals surface area contributed by atoms with Gasteiger partial charge in [-0.2, -0.15) is 0 Å². The number of nitrogens with zero attached hydrogens (tertiary/aromatic N) is 2. The van der Waals surface area contributed by atoms with Gasteiger partial charge >= 0.3 is 0 Å². The minimum Gasteiger partial charge on any atom is -0.322 e. The van der Waals surface area contributed by atoms with Crippen LogP contribution in [0.1, 0.15) is 10.4 Å². The molecule has 7 heteroatoms. The Labute approximate surface area is 168 Å². The van der Waals surface area contributed by atoms with Gasteiger partial charge in [-0.05, 0) is 41.1 Å². The zero-order chi connectivity index (χ0) is 20.4. The van der Waals surface area contributed by atoms with Crippen LogP contribution in [0.3, 0.4) is 0 Å². The lowest BCUT2D eigenvalue weighted by molar-refractivity contribution is 0.102. The Morgan fingerprint density at radius 1 is 0.828 bits per heavy atom. The summed E-state index contributed by atoms with van der Waals surface area (Å²) in [5.41, 5.74) is 2.56. The van der Waals surface area contributed by atoms with Crippen LogP contribution in [0, 0.1) is 0 Å². The Bertz CT molecular complexity index is 1290. The molecule has 1 amide bonds. The van der Waals surface area contributed by atoms with Gasteiger partial charge in [-0.3, -0.25) is 4.79 Å². The first-order valence-corrected chi connectivity index (χ1v) is 10.7. The zero-order valence-electron chi connectivity index (χ0n) is 15.5. The molecule has 144 valence electrons. The molecule has 0 spiro atoms. The van der Waals surface area contributed by atoms with Crippen molar-refractivity contribution in [2.45, 2.75) is 5.03 Å². The van der Waals surface area contributed by atoms with Gasteiger partial charge in [-0.15, -0.1) is 10.2 Å². The zero-order valence-corrected chi connectivity index (χ0v) is 16.3. The van der Waals surface area contributed by atoms with Crippen molar-refractivity contribution in [3.63, 3.8) is 0 Å². The summed E-state index contributed by atoms with van der Waals surface area (Å²) in [6.45, 7) is 0. The third kappa shape index (κ3) is 4.00. The van der Waals surface area contributed by atoms with E-state index >= 15 is 0 Å². The molecule has 0 atom stereocenters. The van der Waals surface area contributed by atoms with Gasteiger partial charge in [-0.1, -0.05) is 48.5 Å². The Morgan fingerprint density at radius 3 is 2.24 bits per heavy atom. The lowest BCUT2D eigenvalue weighted by Crippen LogP contribution is -2.12. The topological polar surface area (TPSA) is 89.0 Å². The third-order valence-electron chi connectivity index (χ3n) is 4.49. The van der Waals surface area contributed by atoms with E-state index in [0.717, 1.165) is 22.6 Å². The second-order valence-electron chi connectivity index (χ2n) is 6.59. The molecule has 0 aliphatic rings. The highest BCUT2D eigenvalue weighted by Gasteiger charge is 2.12. The van der Waals surface area contributed by atoms with Crippen molar-refractivity contribution >= 4 is 32.2 Å². The highest BCUT2D eigenvalue weighted by molar-refractivity contribution is 7.90. The van der Waals surface area contributed by atoms with E-state index in [2.05, 4.69) is 15.5 Å². The molecule has 29 heavy (non-hydrogen) atoms. The van der Waals surface area contributed by atoms with Gasteiger partial charge in [0.05, 0.1) is 5.69 Å². The van der Waals surface area contributed by atoms with Gasteiger partial charge in [0.25, 0.3) is 5.91 Å². The molecular weight excluding hydrogens is 386 g/mol. The van der Waals surface area contributed by atoms with Crippen molar-refractivity contribution in [1.29, 1.82) is 0 Å². The number of hydrogen-bond donors (Lipinski definition) is 1. The van der Waals surface area contributed by atoms with E-state index in [1.165, 1.54) is 6.07 Å². The van der Waals surface area contributed by atoms with E-state index in [-0.39, 0.29) is 10.9 Å². The Kier molecular flexibility index (Phi) is 4.82. The molecule has 6 nitrogen and oxygen atoms in total. The predicted molar refractivity (Wildman–Crippen MR) is 112 cm³/mol. The molecule has 0 radical (unpaired) electrons. The normalized spacial score (nSPS) is 11.3. The molecule has 1 heterocycles. The van der Waals surface area contributed by atoms with Crippen LogP contribution in [0.25, 0.3) is 22.0 Å². The molecule has 0 saturated carbocycles. The Balaban J connectivity index is 1.54. The average molecular weight is 403 g/mol. The second-order valence-corrected chi connectivity index (χ2v) is 8.55. The highest BCUT2D eigenvalue weighted by atomic mass is 32.2. The van der Waals surface area contributed by atoms with Gasteiger partial charge in [0.15, 0.2) is 14.9 Å². The summed E-state index contributed by atoms with van der Waals surface area (Å²) >= 11 is 0. The van der Waals surface area contributed by atoms with E-state index in [4.69, 9.17) is 0 Å². The van der Waals surface area contributed by atoms with Crippen LogP contribution in [0.2, 0.25) is 0 Å². The van der Waals surface area contributed by atoms with Gasteiger partial charge in [0, 0.05) is 23.1 Å². The van der Waals surface area contributed by atoms with Crippen molar-refractivity contribution in [3.8, 4) is 11.3 Å². The highest BCUT2D eigenvalue weighted by Crippen LogP contribution is 2.22. The average Bonchev–Trinajstić information content (AvgIpc) is 2.73. The number of rotatable bonds is 4. The first kappa shape index (κ1) is 18.8. The van der Waals surface area contributed by atoms with Gasteiger partial charge in [0.2, 0.25) is 0 Å². The number of nitrogens with one attached hydrogen (secondary N) is 1. The molecule has 4 rings (SSSR count). The lowest BCUT2D eigenvalue weighted by atomic mass is 10.0. The predicted octanol–water partition coefficient (Wildman–Crippen LogP) is 3.95. The number of benzene rings is 3. The number of aromatic nitrogens is 2. The number of hydrogen-bond acceptors (Lipinski definition) is 5. The maximum Gasteiger partial charge on any atom is 0.256 e. The molecule has 0 saturated heterocycles. The van der Waals surface area contributed by atoms with Crippen molar-refractivity contribution < 1.29 is 13.2 Å². The number of sulfone groups is 1. The van der Waals surface area contributed by atoms with Crippen molar-refractivity contribution in [2.75, 3.05) is 11.6 Å². The smallest absolute Gasteiger partial charge is 0.256 e. The van der Waals surface area contributed by atoms with Crippen LogP contribution in [0.15, 0.2) is 83.9 Å². The van der Waals surface area contributed by atoms with Crippen molar-refractivity contribution in [2.24, 2.45) is 0 Å². The van der Waals surface area contributed by atoms with Crippen LogP contribution in [-0.4, -0.2) is 30.8 Å². The van der Waals surface area contributed by atoms with Crippen molar-refractivity contribution in [3.05, 3.63) is 84.4 Å². The quantitative estimate of drug-likeness (QED) is 0.557. The maximum absolute atomic E-state index is 12.7. The van der Waals surface area contributed by atoms with E-state index in [1.54, 1.807) is 36.4 Å². The van der Waals surface area contributed by atoms with Crippen LogP contribution >= 0.6 is 0 Å². The molecule has 0 aliphatic carbocycles. The molecule has 0 unspecified atom stereocenters. The summed E-state index contributed by atoms with van der Waals surface area (Å²) in [6.07, 6.45) is 1.09. The summed E-state index contributed by atoms with van der Waals surface area (Å²) in [5, 5.41) is 12.5. The number of fused-ring (bicyclic) bond motifs is 1. The minimum atomic E-state index is -3.39. The van der Waals surface area contributed by atoms with E-state index in [9.17, 15) is 13.2 Å². The number of anilines is 1. The lowest BCUT2D eigenvalue weighted by Gasteiger charge is -2.09. The van der Waals surface area contributed by atoms with Crippen LogP contribution < -0.4 is 5.32 Å². The van der Waals surface area contributed by atoms with E-state index in [0.29, 0.717) is 16.9 Å². The number of carbonyl (C=O) groups excluding carboxylic acids is 1. The van der Waals surface area contributed by atoms with Gasteiger partial charge in [-0.25, -0.2) is 8.42 Å². The summed E-state index contributed by atoms with van der Waals surface area (Å²) in [4.78, 5) is 12.7. The Hall–Kier alpha value is -3.58. The molecule has 0 bridgehead atoms. The fourth-order valence-corrected chi connectivity index (χ4v) is 3.52. The van der Waals surface area contributed by atoms with Crippen LogP contribution in [0.4, 0.5) is 5.69 Å². The molecule has 0 aliphatic heterocycles. The third-order valence-corrected chi connectivity index (χ3v) is 5.47. The maximum atomic E-state index is 12.7. The van der Waals surface area contributed by atoms with Crippen LogP contribution in [0.5, 0.6) is 0 Å². The summed E-state index contributed by atoms with van der Waals surface area (Å²) in [7, 11) is -3.39. The molecular formula is C22H17N3O3S. The van der Waals surface area contributed by atoms with Gasteiger partial charge < -0.3 is 5.32 Å². The monoisotopic (exact) mass is 403 g/mol. The molecule has 0 fully saturated rings. The Morgan fingerprint density at radius 2 is 1.55 bits per heavy atom. The molecule has 1 N–H and O–H groups in total. The number of amides is 1. The molecule has 3 aromatic carbocycles. The first-order chi connectivity index (χ1) is 13.9. The second kappa shape index (κ2) is 7.44. The molecule has 1 aromatic heterocycles. The fraction of sp³-hybridized carbons (Fsp3) is 0.0455. The molecule has 4 aromatic rings.